The lowest BCUT2D eigenvalue weighted by Crippen LogP contribution is -2.15. The molecular weight excluding hydrogens is 328 g/mol. The Morgan fingerprint density at radius 1 is 1.38 bits per heavy atom. The van der Waals surface area contributed by atoms with E-state index in [1.807, 2.05) is 30.3 Å². The first-order valence-corrected chi connectivity index (χ1v) is 8.05. The zero-order valence-electron chi connectivity index (χ0n) is 12.6. The molecular formula is C17H12N2O4S. The Hall–Kier alpha value is -2.93. The number of ether oxygens (including phenoxy) is 1. The summed E-state index contributed by atoms with van der Waals surface area (Å²) < 4.78 is 5.69. The number of aromatic carboxylic acids is 1. The highest BCUT2D eigenvalue weighted by Crippen LogP contribution is 2.31. The van der Waals surface area contributed by atoms with Crippen molar-refractivity contribution >= 4 is 39.2 Å². The van der Waals surface area contributed by atoms with Crippen LogP contribution in [0.1, 0.15) is 26.6 Å². The van der Waals surface area contributed by atoms with Gasteiger partial charge in [0.05, 0.1) is 5.39 Å². The van der Waals surface area contributed by atoms with Crippen molar-refractivity contribution in [3.8, 4) is 5.75 Å². The molecule has 0 bridgehead atoms. The second-order valence-corrected chi connectivity index (χ2v) is 6.45. The molecule has 1 aliphatic rings. The number of hydrogen-bond acceptors (Lipinski definition) is 5. The molecule has 3 heterocycles. The summed E-state index contributed by atoms with van der Waals surface area (Å²) in [6, 6.07) is 7.60. The molecule has 0 amide bonds. The van der Waals surface area contributed by atoms with Crippen LogP contribution in [0, 0.1) is 6.92 Å². The molecule has 2 aromatic heterocycles. The number of H-pyrrole nitrogens is 1. The minimum atomic E-state index is -1.05. The van der Waals surface area contributed by atoms with Gasteiger partial charge in [-0.05, 0) is 24.6 Å². The highest BCUT2D eigenvalue weighted by atomic mass is 32.1. The quantitative estimate of drug-likeness (QED) is 0.748. The van der Waals surface area contributed by atoms with E-state index in [1.54, 1.807) is 6.92 Å². The van der Waals surface area contributed by atoms with Crippen LogP contribution < -0.4 is 10.3 Å². The van der Waals surface area contributed by atoms with E-state index in [-0.39, 0.29) is 10.4 Å². The SMILES string of the molecule is Cc1c(C(=O)O)sc2nc(C3=Cc4ccccc4OC3)[nH]c(=O)c12. The zero-order chi connectivity index (χ0) is 16.8. The number of carbonyl (C=O) groups is 1. The molecule has 2 N–H and O–H groups in total. The molecule has 4 rings (SSSR count). The smallest absolute Gasteiger partial charge is 0.346 e. The third-order valence-corrected chi connectivity index (χ3v) is 5.10. The lowest BCUT2D eigenvalue weighted by atomic mass is 10.1. The van der Waals surface area contributed by atoms with Crippen molar-refractivity contribution < 1.29 is 14.6 Å². The minimum Gasteiger partial charge on any atom is -0.488 e. The van der Waals surface area contributed by atoms with Gasteiger partial charge in [0, 0.05) is 11.1 Å². The Bertz CT molecular complexity index is 1080. The third kappa shape index (κ3) is 2.21. The number of para-hydroxylation sites is 1. The molecule has 7 heteroatoms. The topological polar surface area (TPSA) is 92.3 Å². The molecule has 0 fully saturated rings. The largest absolute Gasteiger partial charge is 0.488 e. The van der Waals surface area contributed by atoms with E-state index in [2.05, 4.69) is 9.97 Å². The van der Waals surface area contributed by atoms with Gasteiger partial charge in [0.15, 0.2) is 0 Å². The summed E-state index contributed by atoms with van der Waals surface area (Å²) in [5, 5.41) is 9.56. The summed E-state index contributed by atoms with van der Waals surface area (Å²) >= 11 is 1.01. The van der Waals surface area contributed by atoms with Gasteiger partial charge in [-0.3, -0.25) is 4.79 Å². The van der Waals surface area contributed by atoms with Crippen LogP contribution in [0.2, 0.25) is 0 Å². The molecule has 0 unspecified atom stereocenters. The molecule has 0 saturated carbocycles. The third-order valence-electron chi connectivity index (χ3n) is 3.93. The Morgan fingerprint density at radius 2 is 2.17 bits per heavy atom. The highest BCUT2D eigenvalue weighted by molar-refractivity contribution is 7.20. The van der Waals surface area contributed by atoms with Crippen molar-refractivity contribution in [1.82, 2.24) is 9.97 Å². The number of carboxylic acid groups (broad SMARTS) is 1. The summed E-state index contributed by atoms with van der Waals surface area (Å²) in [6.45, 7) is 1.92. The van der Waals surface area contributed by atoms with E-state index in [0.29, 0.717) is 28.2 Å². The van der Waals surface area contributed by atoms with Gasteiger partial charge >= 0.3 is 5.97 Å². The predicted molar refractivity (Wildman–Crippen MR) is 91.7 cm³/mol. The fourth-order valence-electron chi connectivity index (χ4n) is 2.75. The Kier molecular flexibility index (Phi) is 3.24. The maximum absolute atomic E-state index is 12.4. The number of thiophene rings is 1. The van der Waals surface area contributed by atoms with Crippen molar-refractivity contribution in [3.63, 3.8) is 0 Å². The second kappa shape index (κ2) is 5.31. The van der Waals surface area contributed by atoms with E-state index in [9.17, 15) is 14.7 Å². The molecule has 24 heavy (non-hydrogen) atoms. The van der Waals surface area contributed by atoms with Crippen LogP contribution >= 0.6 is 11.3 Å². The van der Waals surface area contributed by atoms with Gasteiger partial charge in [-0.1, -0.05) is 18.2 Å². The number of aryl methyl sites for hydroxylation is 1. The van der Waals surface area contributed by atoms with E-state index < -0.39 is 5.97 Å². The van der Waals surface area contributed by atoms with Crippen LogP contribution in [0.25, 0.3) is 21.9 Å². The van der Waals surface area contributed by atoms with Gasteiger partial charge in [0.1, 0.15) is 27.9 Å². The van der Waals surface area contributed by atoms with Crippen LogP contribution in [-0.2, 0) is 0 Å². The van der Waals surface area contributed by atoms with Gasteiger partial charge in [0.2, 0.25) is 0 Å². The second-order valence-electron chi connectivity index (χ2n) is 5.45. The summed E-state index contributed by atoms with van der Waals surface area (Å²) in [4.78, 5) is 31.4. The van der Waals surface area contributed by atoms with Crippen LogP contribution in [0.15, 0.2) is 29.1 Å². The van der Waals surface area contributed by atoms with Crippen molar-refractivity contribution in [1.29, 1.82) is 0 Å². The number of nitrogens with zero attached hydrogens (tertiary/aromatic N) is 1. The van der Waals surface area contributed by atoms with Gasteiger partial charge in [-0.25, -0.2) is 9.78 Å². The number of benzene rings is 1. The van der Waals surface area contributed by atoms with E-state index in [1.165, 1.54) is 0 Å². The number of hydrogen-bond donors (Lipinski definition) is 2. The van der Waals surface area contributed by atoms with Crippen LogP contribution in [0.4, 0.5) is 0 Å². The Balaban J connectivity index is 1.89. The molecule has 0 radical (unpaired) electrons. The van der Waals surface area contributed by atoms with Gasteiger partial charge < -0.3 is 14.8 Å². The molecule has 6 nitrogen and oxygen atoms in total. The number of fused-ring (bicyclic) bond motifs is 2. The molecule has 0 aliphatic carbocycles. The molecule has 120 valence electrons. The maximum Gasteiger partial charge on any atom is 0.346 e. The Labute approximate surface area is 140 Å². The van der Waals surface area contributed by atoms with E-state index >= 15 is 0 Å². The van der Waals surface area contributed by atoms with E-state index in [0.717, 1.165) is 28.2 Å². The normalized spacial score (nSPS) is 13.3. The van der Waals surface area contributed by atoms with Crippen LogP contribution in [-0.4, -0.2) is 27.7 Å². The predicted octanol–water partition coefficient (Wildman–Crippen LogP) is 2.92. The standard InChI is InChI=1S/C17H12N2O4S/c1-8-12-15(20)18-14(19-16(12)24-13(8)17(21)22)10-6-9-4-2-3-5-11(9)23-7-10/h2-6H,7H2,1H3,(H,21,22)(H,18,19,20). The highest BCUT2D eigenvalue weighted by Gasteiger charge is 2.20. The van der Waals surface area contributed by atoms with Gasteiger partial charge in [-0.2, -0.15) is 0 Å². The number of carboxylic acids is 1. The average molecular weight is 340 g/mol. The van der Waals surface area contributed by atoms with Crippen molar-refractivity contribution in [2.45, 2.75) is 6.92 Å². The van der Waals surface area contributed by atoms with Crippen molar-refractivity contribution in [2.24, 2.45) is 0 Å². The lowest BCUT2D eigenvalue weighted by molar-refractivity contribution is 0.0701. The first-order chi connectivity index (χ1) is 11.5. The van der Waals surface area contributed by atoms with Crippen LogP contribution in [0.3, 0.4) is 0 Å². The summed E-state index contributed by atoms with van der Waals surface area (Å²) in [6.07, 6.45) is 1.92. The zero-order valence-corrected chi connectivity index (χ0v) is 13.4. The Morgan fingerprint density at radius 3 is 2.96 bits per heavy atom. The molecule has 3 aromatic rings. The van der Waals surface area contributed by atoms with Gasteiger partial charge in [-0.15, -0.1) is 11.3 Å². The molecule has 0 atom stereocenters. The molecule has 1 aromatic carbocycles. The number of aromatic amines is 1. The minimum absolute atomic E-state index is 0.138. The summed E-state index contributed by atoms with van der Waals surface area (Å²) in [5.74, 6) is 0.135. The first kappa shape index (κ1) is 14.6. The van der Waals surface area contributed by atoms with Crippen molar-refractivity contribution in [2.75, 3.05) is 6.61 Å². The fourth-order valence-corrected chi connectivity index (χ4v) is 3.77. The van der Waals surface area contributed by atoms with Crippen LogP contribution in [0.5, 0.6) is 5.75 Å². The fraction of sp³-hybridized carbons (Fsp3) is 0.118. The number of aromatic nitrogens is 2. The first-order valence-electron chi connectivity index (χ1n) is 7.24. The summed E-state index contributed by atoms with van der Waals surface area (Å²) in [7, 11) is 0. The molecule has 0 spiro atoms. The average Bonchev–Trinajstić information content (AvgIpc) is 2.92. The number of rotatable bonds is 2. The van der Waals surface area contributed by atoms with E-state index in [4.69, 9.17) is 4.74 Å². The number of nitrogens with one attached hydrogen (secondary N) is 1. The molecule has 1 aliphatic heterocycles. The maximum atomic E-state index is 12.4. The summed E-state index contributed by atoms with van der Waals surface area (Å²) in [5.41, 5.74) is 1.77. The van der Waals surface area contributed by atoms with Crippen molar-refractivity contribution in [3.05, 3.63) is 56.4 Å². The monoisotopic (exact) mass is 340 g/mol. The lowest BCUT2D eigenvalue weighted by Gasteiger charge is -2.17. The van der Waals surface area contributed by atoms with Gasteiger partial charge in [0.25, 0.3) is 5.56 Å². The molecule has 0 saturated heterocycles.